The summed E-state index contributed by atoms with van der Waals surface area (Å²) in [5.74, 6) is 3.80. The van der Waals surface area contributed by atoms with Crippen LogP contribution in [0.25, 0.3) is 0 Å². The molecule has 0 atom stereocenters. The van der Waals surface area contributed by atoms with Crippen LogP contribution in [0.15, 0.2) is 53.4 Å². The second-order valence-corrected chi connectivity index (χ2v) is 9.97. The van der Waals surface area contributed by atoms with E-state index in [9.17, 15) is 0 Å². The van der Waals surface area contributed by atoms with Gasteiger partial charge in [0.15, 0.2) is 0 Å². The van der Waals surface area contributed by atoms with Gasteiger partial charge in [0.2, 0.25) is 0 Å². The summed E-state index contributed by atoms with van der Waals surface area (Å²) in [7, 11) is 0. The highest BCUT2D eigenvalue weighted by atomic mass is 32.2. The Morgan fingerprint density at radius 1 is 0.800 bits per heavy atom. The summed E-state index contributed by atoms with van der Waals surface area (Å²) in [4.78, 5) is 1.31. The molecule has 0 amide bonds. The SMILES string of the molecule is CCCCCOc1ccc(SCc2ccc([C@H]3CC[C@H](CCCC)CC3)cc2)cc1. The third-order valence-electron chi connectivity index (χ3n) is 6.51. The smallest absolute Gasteiger partial charge is 0.119 e. The molecule has 0 spiro atoms. The Balaban J connectivity index is 1.40. The lowest BCUT2D eigenvalue weighted by Gasteiger charge is -2.29. The molecule has 2 aromatic rings. The van der Waals surface area contributed by atoms with Crippen molar-refractivity contribution in [3.05, 3.63) is 59.7 Å². The van der Waals surface area contributed by atoms with E-state index in [1.807, 2.05) is 11.8 Å². The predicted octanol–water partition coefficient (Wildman–Crippen LogP) is 9.01. The van der Waals surface area contributed by atoms with Gasteiger partial charge in [-0.3, -0.25) is 0 Å². The second-order valence-electron chi connectivity index (χ2n) is 8.92. The van der Waals surface area contributed by atoms with Crippen LogP contribution in [-0.2, 0) is 5.75 Å². The number of rotatable bonds is 12. The Labute approximate surface area is 189 Å². The monoisotopic (exact) mass is 424 g/mol. The fourth-order valence-electron chi connectivity index (χ4n) is 4.50. The molecule has 2 heteroatoms. The molecule has 30 heavy (non-hydrogen) atoms. The molecule has 3 rings (SSSR count). The fourth-order valence-corrected chi connectivity index (χ4v) is 5.36. The van der Waals surface area contributed by atoms with Crippen molar-refractivity contribution in [2.24, 2.45) is 5.92 Å². The van der Waals surface area contributed by atoms with Crippen LogP contribution >= 0.6 is 11.8 Å². The topological polar surface area (TPSA) is 9.23 Å². The molecule has 1 fully saturated rings. The Kier molecular flexibility index (Phi) is 10.2. The molecule has 1 saturated carbocycles. The highest BCUT2D eigenvalue weighted by molar-refractivity contribution is 7.98. The van der Waals surface area contributed by atoms with Crippen LogP contribution in [-0.4, -0.2) is 6.61 Å². The molecule has 1 nitrogen and oxygen atoms in total. The van der Waals surface area contributed by atoms with E-state index in [1.165, 1.54) is 68.2 Å². The molecule has 0 bridgehead atoms. The third-order valence-corrected chi connectivity index (χ3v) is 7.59. The summed E-state index contributed by atoms with van der Waals surface area (Å²) in [6.45, 7) is 5.36. The normalized spacial score (nSPS) is 19.0. The zero-order valence-electron chi connectivity index (χ0n) is 19.1. The van der Waals surface area contributed by atoms with Gasteiger partial charge in [0.25, 0.3) is 0 Å². The number of hydrogen-bond acceptors (Lipinski definition) is 2. The summed E-state index contributed by atoms with van der Waals surface area (Å²) in [6, 6.07) is 18.0. The van der Waals surface area contributed by atoms with Crippen LogP contribution in [0.5, 0.6) is 5.75 Å². The quantitative estimate of drug-likeness (QED) is 0.248. The molecular weight excluding hydrogens is 384 g/mol. The lowest BCUT2D eigenvalue weighted by atomic mass is 9.77. The molecule has 1 aliphatic carbocycles. The van der Waals surface area contributed by atoms with Gasteiger partial charge in [-0.2, -0.15) is 0 Å². The van der Waals surface area contributed by atoms with Crippen LogP contribution < -0.4 is 4.74 Å². The van der Waals surface area contributed by atoms with Gasteiger partial charge >= 0.3 is 0 Å². The first-order valence-corrected chi connectivity index (χ1v) is 13.2. The average molecular weight is 425 g/mol. The first-order valence-electron chi connectivity index (χ1n) is 12.2. The highest BCUT2D eigenvalue weighted by Crippen LogP contribution is 2.38. The van der Waals surface area contributed by atoms with Crippen LogP contribution in [0, 0.1) is 5.92 Å². The minimum Gasteiger partial charge on any atom is -0.494 e. The van der Waals surface area contributed by atoms with E-state index in [4.69, 9.17) is 4.74 Å². The van der Waals surface area contributed by atoms with Crippen molar-refractivity contribution in [2.75, 3.05) is 6.61 Å². The van der Waals surface area contributed by atoms with Crippen molar-refractivity contribution < 1.29 is 4.74 Å². The standard InChI is InChI=1S/C28H40OS/c1-3-5-7-21-29-27-17-19-28(20-18-27)30-22-24-11-15-26(16-12-24)25-13-9-23(10-14-25)8-6-4-2/h11-12,15-20,23,25H,3-10,13-14,21-22H2,1-2H3/t23-,25-. The van der Waals surface area contributed by atoms with E-state index in [0.717, 1.165) is 36.4 Å². The van der Waals surface area contributed by atoms with E-state index < -0.39 is 0 Å². The maximum absolute atomic E-state index is 5.81. The van der Waals surface area contributed by atoms with Gasteiger partial charge < -0.3 is 4.74 Å². The minimum atomic E-state index is 0.787. The van der Waals surface area contributed by atoms with Crippen LogP contribution in [0.3, 0.4) is 0 Å². The fraction of sp³-hybridized carbons (Fsp3) is 0.571. The van der Waals surface area contributed by atoms with Crippen molar-refractivity contribution in [2.45, 2.75) is 94.6 Å². The van der Waals surface area contributed by atoms with Gasteiger partial charge in [-0.25, -0.2) is 0 Å². The van der Waals surface area contributed by atoms with Crippen molar-refractivity contribution in [1.29, 1.82) is 0 Å². The average Bonchev–Trinajstić information content (AvgIpc) is 2.81. The summed E-state index contributed by atoms with van der Waals surface area (Å²) < 4.78 is 5.81. The van der Waals surface area contributed by atoms with E-state index >= 15 is 0 Å². The molecule has 0 aliphatic heterocycles. The van der Waals surface area contributed by atoms with Gasteiger partial charge in [-0.15, -0.1) is 11.8 Å². The largest absolute Gasteiger partial charge is 0.494 e. The first kappa shape index (κ1) is 23.3. The van der Waals surface area contributed by atoms with Gasteiger partial charge in [0.05, 0.1) is 6.61 Å². The minimum absolute atomic E-state index is 0.787. The summed E-state index contributed by atoms with van der Waals surface area (Å²) >= 11 is 1.91. The second kappa shape index (κ2) is 13.1. The van der Waals surface area contributed by atoms with Crippen molar-refractivity contribution in [1.82, 2.24) is 0 Å². The molecule has 164 valence electrons. The number of thioether (sulfide) groups is 1. The van der Waals surface area contributed by atoms with Crippen molar-refractivity contribution in [3.8, 4) is 5.75 Å². The van der Waals surface area contributed by atoms with E-state index in [-0.39, 0.29) is 0 Å². The summed E-state index contributed by atoms with van der Waals surface area (Å²) in [6.07, 6.45) is 13.5. The highest BCUT2D eigenvalue weighted by Gasteiger charge is 2.21. The molecule has 0 aromatic heterocycles. The van der Waals surface area contributed by atoms with E-state index in [2.05, 4.69) is 62.4 Å². The lowest BCUT2D eigenvalue weighted by molar-refractivity contribution is 0.304. The Bertz CT molecular complexity index is 698. The number of ether oxygens (including phenoxy) is 1. The molecule has 0 N–H and O–H groups in total. The molecule has 0 saturated heterocycles. The maximum atomic E-state index is 5.81. The van der Waals surface area contributed by atoms with Gasteiger partial charge in [-0.1, -0.05) is 70.2 Å². The van der Waals surface area contributed by atoms with Gasteiger partial charge in [-0.05, 0) is 79.3 Å². The number of unbranched alkanes of at least 4 members (excludes halogenated alkanes) is 3. The molecular formula is C28H40OS. The summed E-state index contributed by atoms with van der Waals surface area (Å²) in [5, 5.41) is 0. The number of benzene rings is 2. The Morgan fingerprint density at radius 3 is 2.17 bits per heavy atom. The van der Waals surface area contributed by atoms with Crippen LogP contribution in [0.4, 0.5) is 0 Å². The zero-order chi connectivity index (χ0) is 21.0. The maximum Gasteiger partial charge on any atom is 0.119 e. The summed E-state index contributed by atoms with van der Waals surface area (Å²) in [5.41, 5.74) is 2.97. The molecule has 0 radical (unpaired) electrons. The van der Waals surface area contributed by atoms with Crippen molar-refractivity contribution >= 4 is 11.8 Å². The zero-order valence-corrected chi connectivity index (χ0v) is 19.9. The Hall–Kier alpha value is -1.41. The third kappa shape index (κ3) is 7.69. The predicted molar refractivity (Wildman–Crippen MR) is 132 cm³/mol. The van der Waals surface area contributed by atoms with E-state index in [1.54, 1.807) is 5.56 Å². The number of hydrogen-bond donors (Lipinski definition) is 0. The van der Waals surface area contributed by atoms with Crippen LogP contribution in [0.1, 0.15) is 95.1 Å². The molecule has 2 aromatic carbocycles. The molecule has 0 unspecified atom stereocenters. The van der Waals surface area contributed by atoms with Crippen LogP contribution in [0.2, 0.25) is 0 Å². The first-order chi connectivity index (χ1) is 14.8. The van der Waals surface area contributed by atoms with E-state index in [0.29, 0.717) is 0 Å². The van der Waals surface area contributed by atoms with Gasteiger partial charge in [0, 0.05) is 10.6 Å². The Morgan fingerprint density at radius 2 is 1.50 bits per heavy atom. The molecule has 1 aliphatic rings. The van der Waals surface area contributed by atoms with Crippen molar-refractivity contribution in [3.63, 3.8) is 0 Å². The van der Waals surface area contributed by atoms with Gasteiger partial charge in [0.1, 0.15) is 5.75 Å². The molecule has 0 heterocycles. The lowest BCUT2D eigenvalue weighted by Crippen LogP contribution is -2.13.